The molecule has 0 saturated carbocycles. The summed E-state index contributed by atoms with van der Waals surface area (Å²) in [5, 5.41) is 9.07. The summed E-state index contributed by atoms with van der Waals surface area (Å²) in [5.74, 6) is 2.12. The van der Waals surface area contributed by atoms with Gasteiger partial charge in [-0.05, 0) is 43.0 Å². The summed E-state index contributed by atoms with van der Waals surface area (Å²) >= 11 is 1.58. The molecule has 3 heterocycles. The largest absolute Gasteiger partial charge is 0.454 e. The van der Waals surface area contributed by atoms with Crippen LogP contribution in [0.3, 0.4) is 0 Å². The van der Waals surface area contributed by atoms with Gasteiger partial charge >= 0.3 is 6.03 Å². The third-order valence-electron chi connectivity index (χ3n) is 4.19. The molecule has 0 saturated heterocycles. The SMILES string of the molecule is CC(C)NC(=O)N(Cc1ccc2c(c1)OCO2)Cc1cc(-c2cccs2)on1. The Balaban J connectivity index is 1.52. The fraction of sp³-hybridized carbons (Fsp3) is 0.300. The van der Waals surface area contributed by atoms with Crippen LogP contribution in [0, 0.1) is 0 Å². The van der Waals surface area contributed by atoms with Crippen LogP contribution < -0.4 is 14.8 Å². The molecule has 2 amide bonds. The van der Waals surface area contributed by atoms with Crippen molar-refractivity contribution in [2.45, 2.75) is 33.0 Å². The van der Waals surface area contributed by atoms with E-state index in [1.807, 2.05) is 55.6 Å². The average Bonchev–Trinajstić information content (AvgIpc) is 3.41. The maximum absolute atomic E-state index is 12.7. The number of ether oxygens (including phenoxy) is 2. The van der Waals surface area contributed by atoms with Gasteiger partial charge in [0.15, 0.2) is 17.3 Å². The molecule has 0 radical (unpaired) electrons. The molecular formula is C20H21N3O4S. The summed E-state index contributed by atoms with van der Waals surface area (Å²) in [6.07, 6.45) is 0. The number of benzene rings is 1. The maximum Gasteiger partial charge on any atom is 0.318 e. The molecule has 146 valence electrons. The van der Waals surface area contributed by atoms with Crippen LogP contribution in [0.4, 0.5) is 4.79 Å². The summed E-state index contributed by atoms with van der Waals surface area (Å²) in [6, 6.07) is 11.4. The lowest BCUT2D eigenvalue weighted by Crippen LogP contribution is -2.42. The number of thiophene rings is 1. The van der Waals surface area contributed by atoms with Crippen LogP contribution in [-0.4, -0.2) is 28.9 Å². The Morgan fingerprint density at radius 3 is 2.86 bits per heavy atom. The second-order valence-corrected chi connectivity index (χ2v) is 7.76. The number of hydrogen-bond donors (Lipinski definition) is 1. The quantitative estimate of drug-likeness (QED) is 0.670. The number of nitrogens with one attached hydrogen (secondary N) is 1. The lowest BCUT2D eigenvalue weighted by molar-refractivity contribution is 0.173. The van der Waals surface area contributed by atoms with Crippen LogP contribution in [0.15, 0.2) is 46.3 Å². The second kappa shape index (κ2) is 7.93. The molecule has 1 aliphatic heterocycles. The zero-order valence-corrected chi connectivity index (χ0v) is 16.5. The summed E-state index contributed by atoms with van der Waals surface area (Å²) in [4.78, 5) is 15.4. The summed E-state index contributed by atoms with van der Waals surface area (Å²) < 4.78 is 16.2. The monoisotopic (exact) mass is 399 g/mol. The lowest BCUT2D eigenvalue weighted by atomic mass is 10.2. The third-order valence-corrected chi connectivity index (χ3v) is 5.07. The van der Waals surface area contributed by atoms with Crippen LogP contribution in [0.2, 0.25) is 0 Å². The van der Waals surface area contributed by atoms with Crippen molar-refractivity contribution in [3.63, 3.8) is 0 Å². The number of nitrogens with zero attached hydrogens (tertiary/aromatic N) is 2. The van der Waals surface area contributed by atoms with Gasteiger partial charge < -0.3 is 24.2 Å². The van der Waals surface area contributed by atoms with Crippen LogP contribution in [0.25, 0.3) is 10.6 Å². The molecule has 8 heteroatoms. The number of hydrogen-bond acceptors (Lipinski definition) is 6. The van der Waals surface area contributed by atoms with E-state index < -0.39 is 0 Å². The van der Waals surface area contributed by atoms with Crippen molar-refractivity contribution in [3.8, 4) is 22.1 Å². The smallest absolute Gasteiger partial charge is 0.318 e. The van der Waals surface area contributed by atoms with Crippen LogP contribution in [0.1, 0.15) is 25.1 Å². The van der Waals surface area contributed by atoms with Crippen molar-refractivity contribution in [2.24, 2.45) is 0 Å². The molecule has 3 aromatic rings. The van der Waals surface area contributed by atoms with E-state index in [1.165, 1.54) is 0 Å². The Labute approximate surface area is 166 Å². The zero-order chi connectivity index (χ0) is 19.5. The number of amides is 2. The molecule has 0 atom stereocenters. The molecule has 7 nitrogen and oxygen atoms in total. The molecule has 28 heavy (non-hydrogen) atoms. The molecule has 0 unspecified atom stereocenters. The highest BCUT2D eigenvalue weighted by molar-refractivity contribution is 7.13. The Hall–Kier alpha value is -3.00. The summed E-state index contributed by atoms with van der Waals surface area (Å²) in [5.41, 5.74) is 1.65. The van der Waals surface area contributed by atoms with E-state index in [9.17, 15) is 4.79 Å². The van der Waals surface area contributed by atoms with Crippen molar-refractivity contribution in [2.75, 3.05) is 6.79 Å². The molecule has 4 rings (SSSR count). The first-order chi connectivity index (χ1) is 13.6. The minimum absolute atomic E-state index is 0.0331. The normalized spacial score (nSPS) is 12.4. The first-order valence-electron chi connectivity index (χ1n) is 9.02. The van der Waals surface area contributed by atoms with Gasteiger partial charge in [0, 0.05) is 18.7 Å². The minimum atomic E-state index is -0.159. The Morgan fingerprint density at radius 2 is 2.07 bits per heavy atom. The topological polar surface area (TPSA) is 76.8 Å². The zero-order valence-electron chi connectivity index (χ0n) is 15.7. The molecular weight excluding hydrogens is 378 g/mol. The molecule has 0 fully saturated rings. The minimum Gasteiger partial charge on any atom is -0.454 e. The fourth-order valence-corrected chi connectivity index (χ4v) is 3.59. The highest BCUT2D eigenvalue weighted by atomic mass is 32.1. The first kappa shape index (κ1) is 18.4. The molecule has 0 spiro atoms. The molecule has 2 aromatic heterocycles. The first-order valence-corrected chi connectivity index (χ1v) is 9.90. The van der Waals surface area contributed by atoms with Gasteiger partial charge in [-0.15, -0.1) is 11.3 Å². The maximum atomic E-state index is 12.7. The predicted octanol–water partition coefficient (Wildman–Crippen LogP) is 4.25. The van der Waals surface area contributed by atoms with Crippen molar-refractivity contribution >= 4 is 17.4 Å². The number of carbonyl (C=O) groups excluding carboxylic acids is 1. The highest BCUT2D eigenvalue weighted by Crippen LogP contribution is 2.33. The van der Waals surface area contributed by atoms with Gasteiger partial charge in [-0.25, -0.2) is 4.79 Å². The third kappa shape index (κ3) is 4.12. The number of fused-ring (bicyclic) bond motifs is 1. The lowest BCUT2D eigenvalue weighted by Gasteiger charge is -2.23. The van der Waals surface area contributed by atoms with E-state index in [1.54, 1.807) is 16.2 Å². The van der Waals surface area contributed by atoms with E-state index in [2.05, 4.69) is 10.5 Å². The highest BCUT2D eigenvalue weighted by Gasteiger charge is 2.20. The van der Waals surface area contributed by atoms with Gasteiger partial charge in [-0.3, -0.25) is 0 Å². The van der Waals surface area contributed by atoms with Crippen molar-refractivity contribution in [1.82, 2.24) is 15.4 Å². The van der Waals surface area contributed by atoms with E-state index in [0.29, 0.717) is 30.3 Å². The summed E-state index contributed by atoms with van der Waals surface area (Å²) in [7, 11) is 0. The molecule has 1 N–H and O–H groups in total. The van der Waals surface area contributed by atoms with Crippen LogP contribution in [0.5, 0.6) is 11.5 Å². The van der Waals surface area contributed by atoms with Crippen LogP contribution >= 0.6 is 11.3 Å². The molecule has 1 aliphatic rings. The van der Waals surface area contributed by atoms with Gasteiger partial charge in [-0.1, -0.05) is 17.3 Å². The Bertz CT molecular complexity index is 952. The number of urea groups is 1. The van der Waals surface area contributed by atoms with Gasteiger partial charge in [0.1, 0.15) is 5.69 Å². The Morgan fingerprint density at radius 1 is 1.21 bits per heavy atom. The molecule has 0 bridgehead atoms. The van der Waals surface area contributed by atoms with E-state index >= 15 is 0 Å². The van der Waals surface area contributed by atoms with E-state index in [-0.39, 0.29) is 18.9 Å². The number of carbonyl (C=O) groups is 1. The van der Waals surface area contributed by atoms with Gasteiger partial charge in [0.05, 0.1) is 11.4 Å². The average molecular weight is 399 g/mol. The van der Waals surface area contributed by atoms with Crippen molar-refractivity contribution < 1.29 is 18.8 Å². The van der Waals surface area contributed by atoms with Gasteiger partial charge in [0.25, 0.3) is 0 Å². The summed E-state index contributed by atoms with van der Waals surface area (Å²) in [6.45, 7) is 4.84. The molecule has 0 aliphatic carbocycles. The van der Waals surface area contributed by atoms with Crippen molar-refractivity contribution in [1.29, 1.82) is 0 Å². The predicted molar refractivity (Wildman–Crippen MR) is 105 cm³/mol. The van der Waals surface area contributed by atoms with E-state index in [0.717, 1.165) is 16.2 Å². The van der Waals surface area contributed by atoms with E-state index in [4.69, 9.17) is 14.0 Å². The molecule has 1 aromatic carbocycles. The standard InChI is InChI=1S/C20H21N3O4S/c1-13(2)21-20(24)23(10-14-5-6-16-17(8-14)26-12-25-16)11-15-9-18(27-22-15)19-4-3-7-28-19/h3-9,13H,10-12H2,1-2H3,(H,21,24). The van der Waals surface area contributed by atoms with Crippen molar-refractivity contribution in [3.05, 3.63) is 53.0 Å². The number of rotatable bonds is 6. The van der Waals surface area contributed by atoms with Gasteiger partial charge in [0.2, 0.25) is 6.79 Å². The fourth-order valence-electron chi connectivity index (χ4n) is 2.91. The van der Waals surface area contributed by atoms with Crippen LogP contribution in [-0.2, 0) is 13.1 Å². The van der Waals surface area contributed by atoms with Gasteiger partial charge in [-0.2, -0.15) is 0 Å². The Kier molecular flexibility index (Phi) is 5.21. The number of aromatic nitrogens is 1. The second-order valence-electron chi connectivity index (χ2n) is 6.81.